The number of carbonyl (C=O) groups is 1. The summed E-state index contributed by atoms with van der Waals surface area (Å²) in [5.74, 6) is 0.808. The van der Waals surface area contributed by atoms with Crippen LogP contribution in [-0.4, -0.2) is 87.6 Å². The zero-order chi connectivity index (χ0) is 21.2. The Hall–Kier alpha value is -1.95. The number of aldehydes is 1. The van der Waals surface area contributed by atoms with E-state index in [1.165, 1.54) is 12.1 Å². The predicted molar refractivity (Wildman–Crippen MR) is 102 cm³/mol. The second-order valence-electron chi connectivity index (χ2n) is 5.45. The standard InChI is InChI=1S/C19H30O10/c1-21-4-7-24-13-27-17-10-16(12-20)11-18(28-14-25-8-5-22-2)19(17)29-15-26-9-6-23-3/h10-12H,4-9,13-15H2,1-3H3. The van der Waals surface area contributed by atoms with Crippen LogP contribution in [0.15, 0.2) is 12.1 Å². The molecule has 0 amide bonds. The second-order valence-corrected chi connectivity index (χ2v) is 5.45. The normalized spacial score (nSPS) is 10.7. The van der Waals surface area contributed by atoms with Crippen molar-refractivity contribution in [3.63, 3.8) is 0 Å². The Morgan fingerprint density at radius 2 is 1.07 bits per heavy atom. The predicted octanol–water partition coefficient (Wildman–Crippen LogP) is 1.50. The molecular weight excluding hydrogens is 388 g/mol. The molecule has 0 aliphatic rings. The molecule has 29 heavy (non-hydrogen) atoms. The lowest BCUT2D eigenvalue weighted by molar-refractivity contribution is -0.0277. The van der Waals surface area contributed by atoms with Crippen LogP contribution in [0.5, 0.6) is 17.2 Å². The van der Waals surface area contributed by atoms with E-state index in [2.05, 4.69) is 0 Å². The molecule has 0 aliphatic heterocycles. The molecule has 0 saturated heterocycles. The molecule has 0 aliphatic carbocycles. The van der Waals surface area contributed by atoms with Crippen molar-refractivity contribution in [3.05, 3.63) is 17.7 Å². The van der Waals surface area contributed by atoms with E-state index < -0.39 is 0 Å². The van der Waals surface area contributed by atoms with E-state index in [9.17, 15) is 4.79 Å². The minimum Gasteiger partial charge on any atom is -0.463 e. The van der Waals surface area contributed by atoms with Crippen LogP contribution in [0.2, 0.25) is 0 Å². The van der Waals surface area contributed by atoms with E-state index in [1.54, 1.807) is 21.3 Å². The van der Waals surface area contributed by atoms with Gasteiger partial charge in [0.15, 0.2) is 31.9 Å². The second kappa shape index (κ2) is 17.0. The summed E-state index contributed by atoms with van der Waals surface area (Å²) in [5, 5.41) is 0. The SMILES string of the molecule is COCCOCOc1cc(C=O)cc(OCOCCOC)c1OCOCCOC. The average Bonchev–Trinajstić information content (AvgIpc) is 2.74. The number of rotatable bonds is 19. The van der Waals surface area contributed by atoms with Crippen LogP contribution in [0.3, 0.4) is 0 Å². The van der Waals surface area contributed by atoms with Gasteiger partial charge in [-0.1, -0.05) is 0 Å². The van der Waals surface area contributed by atoms with E-state index in [-0.39, 0.29) is 37.6 Å². The molecule has 0 spiro atoms. The maximum Gasteiger partial charge on any atom is 0.206 e. The molecule has 1 rings (SSSR count). The van der Waals surface area contributed by atoms with Crippen LogP contribution in [0.4, 0.5) is 0 Å². The first-order chi connectivity index (χ1) is 14.3. The van der Waals surface area contributed by atoms with E-state index in [4.69, 9.17) is 42.6 Å². The maximum atomic E-state index is 11.3. The van der Waals surface area contributed by atoms with E-state index in [1.807, 2.05) is 0 Å². The van der Waals surface area contributed by atoms with Gasteiger partial charge >= 0.3 is 0 Å². The van der Waals surface area contributed by atoms with E-state index >= 15 is 0 Å². The van der Waals surface area contributed by atoms with Gasteiger partial charge in [0.05, 0.1) is 39.6 Å². The third-order valence-corrected chi connectivity index (χ3v) is 3.36. The topological polar surface area (TPSA) is 100 Å². The molecule has 0 N–H and O–H groups in total. The summed E-state index contributed by atoms with van der Waals surface area (Å²) in [6.07, 6.45) is 0.677. The fraction of sp³-hybridized carbons (Fsp3) is 0.632. The van der Waals surface area contributed by atoms with Gasteiger partial charge in [-0.15, -0.1) is 0 Å². The van der Waals surface area contributed by atoms with Crippen LogP contribution >= 0.6 is 0 Å². The molecule has 0 radical (unpaired) electrons. The molecule has 166 valence electrons. The summed E-state index contributed by atoms with van der Waals surface area (Å²) in [4.78, 5) is 11.3. The lowest BCUT2D eigenvalue weighted by Crippen LogP contribution is -2.13. The summed E-state index contributed by atoms with van der Waals surface area (Å²) in [5.41, 5.74) is 0.344. The highest BCUT2D eigenvalue weighted by Gasteiger charge is 2.16. The first-order valence-electron chi connectivity index (χ1n) is 8.98. The van der Waals surface area contributed by atoms with Crippen molar-refractivity contribution in [1.29, 1.82) is 0 Å². The maximum absolute atomic E-state index is 11.3. The number of ether oxygens (including phenoxy) is 9. The zero-order valence-corrected chi connectivity index (χ0v) is 17.2. The molecule has 0 bridgehead atoms. The smallest absolute Gasteiger partial charge is 0.206 e. The summed E-state index contributed by atoms with van der Waals surface area (Å²) in [6.45, 7) is 2.19. The van der Waals surface area contributed by atoms with Crippen molar-refractivity contribution >= 4 is 6.29 Å². The fourth-order valence-electron chi connectivity index (χ4n) is 1.94. The minimum atomic E-state index is -0.0639. The van der Waals surface area contributed by atoms with Crippen molar-refractivity contribution in [3.8, 4) is 17.2 Å². The van der Waals surface area contributed by atoms with Gasteiger partial charge in [-0.2, -0.15) is 0 Å². The molecule has 0 unspecified atom stereocenters. The van der Waals surface area contributed by atoms with Gasteiger partial charge in [-0.05, 0) is 12.1 Å². The van der Waals surface area contributed by atoms with Crippen LogP contribution in [0.25, 0.3) is 0 Å². The third-order valence-electron chi connectivity index (χ3n) is 3.36. The summed E-state index contributed by atoms with van der Waals surface area (Å²) in [7, 11) is 4.73. The minimum absolute atomic E-state index is 0.0592. The average molecular weight is 418 g/mol. The number of methoxy groups -OCH3 is 3. The van der Waals surface area contributed by atoms with Crippen molar-refractivity contribution in [2.24, 2.45) is 0 Å². The third kappa shape index (κ3) is 11.0. The molecular formula is C19H30O10. The van der Waals surface area contributed by atoms with Gasteiger partial charge in [-0.25, -0.2) is 0 Å². The van der Waals surface area contributed by atoms with Crippen LogP contribution in [0, 0.1) is 0 Å². The zero-order valence-electron chi connectivity index (χ0n) is 17.2. The van der Waals surface area contributed by atoms with Gasteiger partial charge in [-0.3, -0.25) is 4.79 Å². The lowest BCUT2D eigenvalue weighted by atomic mass is 10.2. The van der Waals surface area contributed by atoms with Gasteiger partial charge in [0.1, 0.15) is 6.29 Å². The molecule has 0 fully saturated rings. The van der Waals surface area contributed by atoms with Crippen LogP contribution < -0.4 is 14.2 Å². The first kappa shape index (κ1) is 25.1. The molecule has 10 heteroatoms. The van der Waals surface area contributed by atoms with Crippen LogP contribution in [0.1, 0.15) is 10.4 Å². The Bertz CT molecular complexity index is 517. The van der Waals surface area contributed by atoms with Crippen molar-refractivity contribution in [2.45, 2.75) is 0 Å². The molecule has 1 aromatic carbocycles. The quantitative estimate of drug-likeness (QED) is 0.187. The molecule has 0 atom stereocenters. The molecule has 0 saturated carbocycles. The van der Waals surface area contributed by atoms with Crippen molar-refractivity contribution in [1.82, 2.24) is 0 Å². The lowest BCUT2D eigenvalue weighted by Gasteiger charge is -2.18. The van der Waals surface area contributed by atoms with Gasteiger partial charge in [0, 0.05) is 26.9 Å². The van der Waals surface area contributed by atoms with Crippen molar-refractivity contribution < 1.29 is 47.4 Å². The first-order valence-corrected chi connectivity index (χ1v) is 8.98. The van der Waals surface area contributed by atoms with Gasteiger partial charge < -0.3 is 42.6 Å². The highest BCUT2D eigenvalue weighted by molar-refractivity contribution is 5.78. The number of benzene rings is 1. The Morgan fingerprint density at radius 3 is 1.45 bits per heavy atom. The summed E-state index contributed by atoms with van der Waals surface area (Å²) in [6, 6.07) is 3.05. The summed E-state index contributed by atoms with van der Waals surface area (Å²) >= 11 is 0. The Morgan fingerprint density at radius 1 is 0.655 bits per heavy atom. The monoisotopic (exact) mass is 418 g/mol. The van der Waals surface area contributed by atoms with E-state index in [0.29, 0.717) is 51.5 Å². The van der Waals surface area contributed by atoms with E-state index in [0.717, 1.165) is 0 Å². The molecule has 1 aromatic rings. The highest BCUT2D eigenvalue weighted by Crippen LogP contribution is 2.38. The largest absolute Gasteiger partial charge is 0.463 e. The molecule has 0 aromatic heterocycles. The van der Waals surface area contributed by atoms with Gasteiger partial charge in [0.2, 0.25) is 5.75 Å². The number of hydrogen-bond acceptors (Lipinski definition) is 10. The fourth-order valence-corrected chi connectivity index (χ4v) is 1.94. The van der Waals surface area contributed by atoms with Crippen LogP contribution in [-0.2, 0) is 28.4 Å². The highest BCUT2D eigenvalue weighted by atomic mass is 16.7. The molecule has 0 heterocycles. The Labute approximate surface area is 170 Å². The van der Waals surface area contributed by atoms with Crippen molar-refractivity contribution in [2.75, 3.05) is 81.3 Å². The Balaban J connectivity index is 2.82. The number of hydrogen-bond donors (Lipinski definition) is 0. The Kier molecular flexibility index (Phi) is 14.7. The number of carbonyl (C=O) groups excluding carboxylic acids is 1. The molecule has 10 nitrogen and oxygen atoms in total. The summed E-state index contributed by atoms with van der Waals surface area (Å²) < 4.78 is 47.6. The van der Waals surface area contributed by atoms with Gasteiger partial charge in [0.25, 0.3) is 0 Å².